The Morgan fingerprint density at radius 2 is 1.03 bits per heavy atom. The second-order valence-electron chi connectivity index (χ2n) is 6.34. The van der Waals surface area contributed by atoms with Crippen LogP contribution in [0.25, 0.3) is 0 Å². The summed E-state index contributed by atoms with van der Waals surface area (Å²) < 4.78 is 130. The van der Waals surface area contributed by atoms with Crippen molar-refractivity contribution in [3.63, 3.8) is 0 Å². The third-order valence-corrected chi connectivity index (χ3v) is 5.76. The molecule has 0 aliphatic rings. The first-order valence-corrected chi connectivity index (χ1v) is 12.0. The highest BCUT2D eigenvalue weighted by Gasteiger charge is 2.49. The summed E-state index contributed by atoms with van der Waals surface area (Å²) in [5, 5.41) is 0. The first-order chi connectivity index (χ1) is 13.6. The molecule has 0 aliphatic heterocycles. The SMILES string of the molecule is CCCCCCCCCCOC(COS(=O)(=O)C(F)(F)F)COS(=O)(=O)C(F)(F)F. The monoisotopic (exact) mass is 496 g/mol. The molecule has 0 N–H and O–H groups in total. The van der Waals surface area contributed by atoms with Gasteiger partial charge in [-0.25, -0.2) is 0 Å². The Kier molecular flexibility index (Phi) is 12.8. The predicted molar refractivity (Wildman–Crippen MR) is 94.2 cm³/mol. The lowest BCUT2D eigenvalue weighted by atomic mass is 10.1. The van der Waals surface area contributed by atoms with E-state index < -0.39 is 50.6 Å². The van der Waals surface area contributed by atoms with Crippen LogP contribution < -0.4 is 0 Å². The summed E-state index contributed by atoms with van der Waals surface area (Å²) in [5.74, 6) is 0. The average Bonchev–Trinajstić information content (AvgIpc) is 2.59. The lowest BCUT2D eigenvalue weighted by Gasteiger charge is -2.19. The molecule has 0 aromatic carbocycles. The average molecular weight is 496 g/mol. The van der Waals surface area contributed by atoms with Crippen LogP contribution in [-0.2, 0) is 33.3 Å². The fraction of sp³-hybridized carbons (Fsp3) is 1.00. The molecule has 0 atom stereocenters. The minimum Gasteiger partial charge on any atom is -0.373 e. The molecule has 0 fully saturated rings. The molecular weight excluding hydrogens is 470 g/mol. The zero-order valence-corrected chi connectivity index (χ0v) is 17.9. The maximum atomic E-state index is 12.3. The molecule has 0 radical (unpaired) electrons. The molecule has 30 heavy (non-hydrogen) atoms. The zero-order valence-electron chi connectivity index (χ0n) is 16.3. The highest BCUT2D eigenvalue weighted by molar-refractivity contribution is 7.87. The minimum atomic E-state index is -6.03. The molecule has 0 rings (SSSR count). The Bertz CT molecular complexity index is 627. The first kappa shape index (κ1) is 29.4. The van der Waals surface area contributed by atoms with Crippen molar-refractivity contribution in [2.24, 2.45) is 0 Å². The van der Waals surface area contributed by atoms with E-state index in [1.807, 2.05) is 0 Å². The van der Waals surface area contributed by atoms with Gasteiger partial charge in [-0.05, 0) is 6.42 Å². The Balaban J connectivity index is 4.62. The number of ether oxygens (including phenoxy) is 1. The first-order valence-electron chi connectivity index (χ1n) is 9.17. The number of hydrogen-bond acceptors (Lipinski definition) is 7. The third-order valence-electron chi connectivity index (χ3n) is 3.74. The number of rotatable bonds is 16. The molecular formula is C15H26F6O7S2. The molecule has 182 valence electrons. The maximum Gasteiger partial charge on any atom is 0.523 e. The Labute approximate surface area is 172 Å². The third kappa shape index (κ3) is 11.7. The molecule has 0 amide bonds. The fourth-order valence-electron chi connectivity index (χ4n) is 2.09. The van der Waals surface area contributed by atoms with Gasteiger partial charge in [0.25, 0.3) is 0 Å². The van der Waals surface area contributed by atoms with E-state index in [1.54, 1.807) is 0 Å². The van der Waals surface area contributed by atoms with Crippen molar-refractivity contribution in [2.75, 3.05) is 19.8 Å². The van der Waals surface area contributed by atoms with Crippen LogP contribution in [0.5, 0.6) is 0 Å². The van der Waals surface area contributed by atoms with Crippen molar-refractivity contribution in [2.45, 2.75) is 75.4 Å². The second-order valence-corrected chi connectivity index (χ2v) is 9.55. The Morgan fingerprint density at radius 3 is 1.40 bits per heavy atom. The molecule has 0 aromatic heterocycles. The van der Waals surface area contributed by atoms with E-state index in [0.717, 1.165) is 38.5 Å². The molecule has 0 saturated carbocycles. The van der Waals surface area contributed by atoms with Crippen LogP contribution in [-0.4, -0.2) is 53.8 Å². The van der Waals surface area contributed by atoms with E-state index in [4.69, 9.17) is 4.74 Å². The van der Waals surface area contributed by atoms with Gasteiger partial charge in [-0.15, -0.1) is 0 Å². The molecule has 0 bridgehead atoms. The van der Waals surface area contributed by atoms with Crippen molar-refractivity contribution in [1.29, 1.82) is 0 Å². The second kappa shape index (κ2) is 13.0. The quantitative estimate of drug-likeness (QED) is 0.136. The summed E-state index contributed by atoms with van der Waals surface area (Å²) in [5.41, 5.74) is -11.5. The summed E-state index contributed by atoms with van der Waals surface area (Å²) in [6.45, 7) is -0.829. The Hall–Kier alpha value is -0.640. The summed E-state index contributed by atoms with van der Waals surface area (Å²) in [6.07, 6.45) is 5.35. The summed E-state index contributed by atoms with van der Waals surface area (Å²) in [7, 11) is -12.1. The molecule has 0 aromatic rings. The van der Waals surface area contributed by atoms with Gasteiger partial charge in [-0.2, -0.15) is 43.2 Å². The summed E-state index contributed by atoms with van der Waals surface area (Å²) in [4.78, 5) is 0. The number of hydrogen-bond donors (Lipinski definition) is 0. The van der Waals surface area contributed by atoms with Crippen LogP contribution in [0.1, 0.15) is 58.3 Å². The van der Waals surface area contributed by atoms with Crippen LogP contribution in [0.3, 0.4) is 0 Å². The van der Waals surface area contributed by atoms with E-state index in [9.17, 15) is 43.2 Å². The standard InChI is InChI=1S/C15H26F6O7S2/c1-2-3-4-5-6-7-8-9-10-26-13(11-27-29(22,23)14(16,17)18)12-28-30(24,25)15(19,20)21/h13H,2-12H2,1H3. The number of halogens is 6. The van der Waals surface area contributed by atoms with Gasteiger partial charge in [-0.3, -0.25) is 8.37 Å². The Morgan fingerprint density at radius 1 is 0.667 bits per heavy atom. The van der Waals surface area contributed by atoms with Crippen molar-refractivity contribution in [3.8, 4) is 0 Å². The lowest BCUT2D eigenvalue weighted by molar-refractivity contribution is -0.0669. The van der Waals surface area contributed by atoms with E-state index in [0.29, 0.717) is 12.8 Å². The van der Waals surface area contributed by atoms with Crippen molar-refractivity contribution in [1.82, 2.24) is 0 Å². The number of unbranched alkanes of at least 4 members (excludes halogenated alkanes) is 7. The van der Waals surface area contributed by atoms with Crippen molar-refractivity contribution < 1.29 is 56.3 Å². The molecule has 0 aliphatic carbocycles. The normalized spacial score (nSPS) is 13.9. The van der Waals surface area contributed by atoms with E-state index in [2.05, 4.69) is 15.3 Å². The van der Waals surface area contributed by atoms with Crippen LogP contribution >= 0.6 is 0 Å². The van der Waals surface area contributed by atoms with Gasteiger partial charge < -0.3 is 4.74 Å². The zero-order chi connectivity index (χ0) is 23.5. The van der Waals surface area contributed by atoms with Crippen LogP contribution in [0.2, 0.25) is 0 Å². The largest absolute Gasteiger partial charge is 0.523 e. The smallest absolute Gasteiger partial charge is 0.373 e. The van der Waals surface area contributed by atoms with Gasteiger partial charge in [0, 0.05) is 6.61 Å². The maximum absolute atomic E-state index is 12.3. The van der Waals surface area contributed by atoms with Crippen LogP contribution in [0.4, 0.5) is 26.3 Å². The molecule has 0 spiro atoms. The molecule has 7 nitrogen and oxygen atoms in total. The van der Waals surface area contributed by atoms with Gasteiger partial charge in [0.2, 0.25) is 0 Å². The van der Waals surface area contributed by atoms with Crippen molar-refractivity contribution in [3.05, 3.63) is 0 Å². The van der Waals surface area contributed by atoms with Gasteiger partial charge in [-0.1, -0.05) is 51.9 Å². The van der Waals surface area contributed by atoms with Gasteiger partial charge in [0.05, 0.1) is 13.2 Å². The number of alkyl halides is 6. The van der Waals surface area contributed by atoms with Crippen LogP contribution in [0.15, 0.2) is 0 Å². The molecule has 0 saturated heterocycles. The topological polar surface area (TPSA) is 96.0 Å². The summed E-state index contributed by atoms with van der Waals surface area (Å²) >= 11 is 0. The van der Waals surface area contributed by atoms with Crippen molar-refractivity contribution >= 4 is 20.2 Å². The van der Waals surface area contributed by atoms with Gasteiger partial charge in [0.15, 0.2) is 0 Å². The minimum absolute atomic E-state index is 0.162. The lowest BCUT2D eigenvalue weighted by Crippen LogP contribution is -2.35. The van der Waals surface area contributed by atoms with E-state index >= 15 is 0 Å². The molecule has 0 unspecified atom stereocenters. The van der Waals surface area contributed by atoms with Crippen LogP contribution in [0, 0.1) is 0 Å². The van der Waals surface area contributed by atoms with E-state index in [-0.39, 0.29) is 6.61 Å². The predicted octanol–water partition coefficient (Wildman–Crippen LogP) is 4.24. The molecule has 15 heteroatoms. The molecule has 0 heterocycles. The van der Waals surface area contributed by atoms with Gasteiger partial charge >= 0.3 is 31.3 Å². The highest BCUT2D eigenvalue weighted by Crippen LogP contribution is 2.26. The highest BCUT2D eigenvalue weighted by atomic mass is 32.2. The van der Waals surface area contributed by atoms with E-state index in [1.165, 1.54) is 0 Å². The fourth-order valence-corrected chi connectivity index (χ4v) is 3.02. The van der Waals surface area contributed by atoms with Gasteiger partial charge in [0.1, 0.15) is 6.10 Å². The summed E-state index contributed by atoms with van der Waals surface area (Å²) in [6, 6.07) is 0.